The Kier molecular flexibility index (Phi) is 6.98. The van der Waals surface area contributed by atoms with Crippen molar-refractivity contribution in [1.29, 1.82) is 0 Å². The summed E-state index contributed by atoms with van der Waals surface area (Å²) in [6, 6.07) is 7.38. The number of rotatable bonds is 7. The molecule has 1 rings (SSSR count). The fourth-order valence-corrected chi connectivity index (χ4v) is 1.77. The highest BCUT2D eigenvalue weighted by Crippen LogP contribution is 2.15. The van der Waals surface area contributed by atoms with E-state index in [0.717, 1.165) is 16.2 Å². The van der Waals surface area contributed by atoms with Crippen LogP contribution in [0.1, 0.15) is 12.5 Å². The molecule has 0 spiro atoms. The molecule has 1 aromatic rings. The average Bonchev–Trinajstić information content (AvgIpc) is 2.56. The Labute approximate surface area is 129 Å². The van der Waals surface area contributed by atoms with Crippen molar-refractivity contribution in [2.45, 2.75) is 13.0 Å². The third-order valence-corrected chi connectivity index (χ3v) is 3.09. The van der Waals surface area contributed by atoms with Crippen LogP contribution in [-0.2, 0) is 19.1 Å². The Balaban J connectivity index is 2.93. The summed E-state index contributed by atoms with van der Waals surface area (Å²) in [7, 11) is 3.13. The SMILES string of the molecule is CNc1ccccc1/C=C/C(=O)N(C[C]=O)C(=O)C(C)OC. The van der Waals surface area contributed by atoms with Crippen LogP contribution in [0.5, 0.6) is 0 Å². The van der Waals surface area contributed by atoms with Gasteiger partial charge in [-0.15, -0.1) is 0 Å². The Bertz CT molecular complexity index is 569. The molecule has 1 aromatic carbocycles. The summed E-state index contributed by atoms with van der Waals surface area (Å²) in [5.41, 5.74) is 1.64. The Morgan fingerprint density at radius 2 is 2.09 bits per heavy atom. The summed E-state index contributed by atoms with van der Waals surface area (Å²) in [6.07, 6.45) is 3.58. The van der Waals surface area contributed by atoms with Crippen LogP contribution in [-0.4, -0.2) is 49.8 Å². The highest BCUT2D eigenvalue weighted by molar-refractivity contribution is 6.05. The van der Waals surface area contributed by atoms with Gasteiger partial charge in [0.2, 0.25) is 6.29 Å². The van der Waals surface area contributed by atoms with E-state index in [4.69, 9.17) is 4.74 Å². The number of ether oxygens (including phenoxy) is 1. The largest absolute Gasteiger partial charge is 0.388 e. The zero-order chi connectivity index (χ0) is 16.5. The second-order valence-electron chi connectivity index (χ2n) is 4.46. The number of hydrogen-bond donors (Lipinski definition) is 1. The van der Waals surface area contributed by atoms with Gasteiger partial charge in [0, 0.05) is 25.9 Å². The smallest absolute Gasteiger partial charge is 0.258 e. The number of para-hydroxylation sites is 1. The lowest BCUT2D eigenvalue weighted by molar-refractivity contribution is -0.147. The van der Waals surface area contributed by atoms with Crippen molar-refractivity contribution in [1.82, 2.24) is 4.90 Å². The second kappa shape index (κ2) is 8.74. The van der Waals surface area contributed by atoms with Crippen molar-refractivity contribution in [2.75, 3.05) is 26.0 Å². The van der Waals surface area contributed by atoms with Gasteiger partial charge in [-0.2, -0.15) is 0 Å². The van der Waals surface area contributed by atoms with Gasteiger partial charge in [-0.05, 0) is 24.6 Å². The third-order valence-electron chi connectivity index (χ3n) is 3.09. The van der Waals surface area contributed by atoms with E-state index in [1.54, 1.807) is 19.4 Å². The maximum absolute atomic E-state index is 12.1. The van der Waals surface area contributed by atoms with Crippen LogP contribution in [0.2, 0.25) is 0 Å². The summed E-state index contributed by atoms with van der Waals surface area (Å²) < 4.78 is 4.88. The van der Waals surface area contributed by atoms with Gasteiger partial charge in [0.1, 0.15) is 6.10 Å². The topological polar surface area (TPSA) is 75.7 Å². The predicted molar refractivity (Wildman–Crippen MR) is 83.9 cm³/mol. The van der Waals surface area contributed by atoms with Crippen LogP contribution in [0.4, 0.5) is 5.69 Å². The zero-order valence-corrected chi connectivity index (χ0v) is 12.8. The van der Waals surface area contributed by atoms with Crippen molar-refractivity contribution in [2.24, 2.45) is 0 Å². The standard InChI is InChI=1S/C16H19N2O4/c1-12(22-3)16(21)18(10-11-19)15(20)9-8-13-6-4-5-7-14(13)17-2/h4-9,12,17H,10H2,1-3H3/b9-8+. The molecule has 6 nitrogen and oxygen atoms in total. The number of hydrogen-bond acceptors (Lipinski definition) is 5. The number of anilines is 1. The summed E-state index contributed by atoms with van der Waals surface area (Å²) in [4.78, 5) is 35.5. The number of nitrogens with zero attached hydrogens (tertiary/aromatic N) is 1. The first kappa shape index (κ1) is 17.6. The van der Waals surface area contributed by atoms with Gasteiger partial charge in [-0.1, -0.05) is 18.2 Å². The maximum atomic E-state index is 12.1. The van der Waals surface area contributed by atoms with Crippen LogP contribution in [0.3, 0.4) is 0 Å². The first-order chi connectivity index (χ1) is 10.5. The summed E-state index contributed by atoms with van der Waals surface area (Å²) in [5, 5.41) is 3.00. The minimum Gasteiger partial charge on any atom is -0.388 e. The first-order valence-electron chi connectivity index (χ1n) is 6.73. The molecular formula is C16H19N2O4. The molecule has 0 saturated carbocycles. The van der Waals surface area contributed by atoms with Gasteiger partial charge >= 0.3 is 0 Å². The summed E-state index contributed by atoms with van der Waals surface area (Å²) >= 11 is 0. The quantitative estimate of drug-likeness (QED) is 0.767. The van der Waals surface area contributed by atoms with Gasteiger partial charge < -0.3 is 10.1 Å². The molecule has 0 aromatic heterocycles. The fourth-order valence-electron chi connectivity index (χ4n) is 1.77. The minimum absolute atomic E-state index is 0.427. The lowest BCUT2D eigenvalue weighted by Gasteiger charge is -2.19. The number of carbonyl (C=O) groups excluding carboxylic acids is 3. The number of amides is 2. The molecular weight excluding hydrogens is 284 g/mol. The normalized spacial score (nSPS) is 12.0. The molecule has 0 bridgehead atoms. The average molecular weight is 303 g/mol. The van der Waals surface area contributed by atoms with Gasteiger partial charge in [0.05, 0.1) is 6.54 Å². The molecule has 1 N–H and O–H groups in total. The minimum atomic E-state index is -0.810. The van der Waals surface area contributed by atoms with Gasteiger partial charge in [0.25, 0.3) is 11.8 Å². The van der Waals surface area contributed by atoms with Crippen LogP contribution in [0.25, 0.3) is 6.08 Å². The maximum Gasteiger partial charge on any atom is 0.258 e. The molecule has 1 unspecified atom stereocenters. The van der Waals surface area contributed by atoms with E-state index in [-0.39, 0.29) is 0 Å². The van der Waals surface area contributed by atoms with Crippen LogP contribution < -0.4 is 5.32 Å². The molecule has 1 atom stereocenters. The molecule has 0 aliphatic rings. The van der Waals surface area contributed by atoms with Crippen molar-refractivity contribution in [3.63, 3.8) is 0 Å². The van der Waals surface area contributed by atoms with E-state index in [0.29, 0.717) is 0 Å². The Hall–Kier alpha value is -2.47. The van der Waals surface area contributed by atoms with Crippen LogP contribution in [0.15, 0.2) is 30.3 Å². The number of carbonyl (C=O) groups is 2. The van der Waals surface area contributed by atoms with E-state index in [1.165, 1.54) is 20.1 Å². The monoisotopic (exact) mass is 303 g/mol. The van der Waals surface area contributed by atoms with E-state index >= 15 is 0 Å². The van der Waals surface area contributed by atoms with Crippen LogP contribution >= 0.6 is 0 Å². The summed E-state index contributed by atoms with van der Waals surface area (Å²) in [6.45, 7) is 1.08. The van der Waals surface area contributed by atoms with Gasteiger partial charge in [0.15, 0.2) is 0 Å². The van der Waals surface area contributed by atoms with Crippen molar-refractivity contribution in [3.8, 4) is 0 Å². The summed E-state index contributed by atoms with van der Waals surface area (Å²) in [5.74, 6) is -1.18. The van der Waals surface area contributed by atoms with Crippen molar-refractivity contribution in [3.05, 3.63) is 35.9 Å². The Morgan fingerprint density at radius 1 is 1.41 bits per heavy atom. The molecule has 0 fully saturated rings. The molecule has 1 radical (unpaired) electrons. The molecule has 2 amide bonds. The molecule has 117 valence electrons. The molecule has 0 saturated heterocycles. The molecule has 6 heteroatoms. The van der Waals surface area contributed by atoms with Crippen LogP contribution in [0, 0.1) is 0 Å². The molecule has 0 aliphatic carbocycles. The van der Waals surface area contributed by atoms with Crippen molar-refractivity contribution >= 4 is 29.9 Å². The third kappa shape index (κ3) is 4.53. The van der Waals surface area contributed by atoms with E-state index in [9.17, 15) is 14.4 Å². The number of benzene rings is 1. The fraction of sp³-hybridized carbons (Fsp3) is 0.312. The van der Waals surface area contributed by atoms with Gasteiger partial charge in [-0.3, -0.25) is 19.3 Å². The number of imide groups is 1. The van der Waals surface area contributed by atoms with E-state index < -0.39 is 24.5 Å². The second-order valence-corrected chi connectivity index (χ2v) is 4.46. The van der Waals surface area contributed by atoms with Crippen molar-refractivity contribution < 1.29 is 19.1 Å². The molecule has 22 heavy (non-hydrogen) atoms. The molecule has 0 heterocycles. The van der Waals surface area contributed by atoms with E-state index in [1.807, 2.05) is 24.3 Å². The highest BCUT2D eigenvalue weighted by Gasteiger charge is 2.24. The zero-order valence-electron chi connectivity index (χ0n) is 12.8. The lowest BCUT2D eigenvalue weighted by Crippen LogP contribution is -2.43. The van der Waals surface area contributed by atoms with E-state index in [2.05, 4.69) is 5.32 Å². The first-order valence-corrected chi connectivity index (χ1v) is 6.73. The lowest BCUT2D eigenvalue weighted by atomic mass is 10.1. The highest BCUT2D eigenvalue weighted by atomic mass is 16.5. The Morgan fingerprint density at radius 3 is 2.68 bits per heavy atom. The predicted octanol–water partition coefficient (Wildman–Crippen LogP) is 1.24. The number of nitrogens with one attached hydrogen (secondary N) is 1. The molecule has 0 aliphatic heterocycles. The number of methoxy groups -OCH3 is 1. The van der Waals surface area contributed by atoms with Gasteiger partial charge in [-0.25, -0.2) is 0 Å².